The highest BCUT2D eigenvalue weighted by molar-refractivity contribution is 8.18. The number of methoxy groups -OCH3 is 1. The van der Waals surface area contributed by atoms with E-state index in [1.165, 1.54) is 11.8 Å². The minimum atomic E-state index is -0.151. The molecule has 0 N–H and O–H groups in total. The van der Waals surface area contributed by atoms with Crippen molar-refractivity contribution >= 4 is 46.2 Å². The van der Waals surface area contributed by atoms with Crippen LogP contribution in [0.5, 0.6) is 11.5 Å². The van der Waals surface area contributed by atoms with E-state index < -0.39 is 0 Å². The molecular weight excluding hydrogens is 410 g/mol. The first-order valence-electron chi connectivity index (χ1n) is 8.89. The molecule has 150 valence electrons. The van der Waals surface area contributed by atoms with Crippen LogP contribution >= 0.6 is 23.4 Å². The van der Waals surface area contributed by atoms with E-state index in [0.29, 0.717) is 40.4 Å². The molecule has 6 nitrogen and oxygen atoms in total. The lowest BCUT2D eigenvalue weighted by Gasteiger charge is -2.12. The van der Waals surface area contributed by atoms with Crippen LogP contribution in [0.25, 0.3) is 6.08 Å². The summed E-state index contributed by atoms with van der Waals surface area (Å²) in [5.41, 5.74) is 1.32. The first-order valence-corrected chi connectivity index (χ1v) is 10.1. The summed E-state index contributed by atoms with van der Waals surface area (Å²) in [6.07, 6.45) is 5.04. The molecule has 3 rings (SSSR count). The Morgan fingerprint density at radius 2 is 2.17 bits per heavy atom. The fourth-order valence-corrected chi connectivity index (χ4v) is 3.81. The minimum Gasteiger partial charge on any atom is -0.493 e. The van der Waals surface area contributed by atoms with Gasteiger partial charge in [-0.25, -0.2) is 9.98 Å². The minimum absolute atomic E-state index is 0.151. The van der Waals surface area contributed by atoms with Crippen molar-refractivity contribution < 1.29 is 14.3 Å². The second kappa shape index (κ2) is 9.62. The third-order valence-corrected chi connectivity index (χ3v) is 5.24. The molecule has 2 aromatic rings. The fraction of sp³-hybridized carbons (Fsp3) is 0.190. The average molecular weight is 430 g/mol. The zero-order valence-electron chi connectivity index (χ0n) is 16.1. The van der Waals surface area contributed by atoms with Gasteiger partial charge in [0.25, 0.3) is 5.91 Å². The van der Waals surface area contributed by atoms with Gasteiger partial charge in [-0.1, -0.05) is 23.7 Å². The number of hydrogen-bond donors (Lipinski definition) is 0. The molecule has 0 unspecified atom stereocenters. The third-order valence-electron chi connectivity index (χ3n) is 3.94. The van der Waals surface area contributed by atoms with E-state index in [1.54, 1.807) is 42.5 Å². The lowest BCUT2D eigenvalue weighted by atomic mass is 10.2. The summed E-state index contributed by atoms with van der Waals surface area (Å²) >= 11 is 7.39. The molecule has 2 heterocycles. The lowest BCUT2D eigenvalue weighted by molar-refractivity contribution is -0.121. The van der Waals surface area contributed by atoms with Crippen molar-refractivity contribution in [2.45, 2.75) is 6.92 Å². The molecular formula is C21H20ClN3O3S. The summed E-state index contributed by atoms with van der Waals surface area (Å²) in [4.78, 5) is 23.6. The molecule has 1 aromatic heterocycles. The van der Waals surface area contributed by atoms with Crippen molar-refractivity contribution in [3.63, 3.8) is 0 Å². The van der Waals surface area contributed by atoms with Crippen LogP contribution in [0, 0.1) is 0 Å². The molecule has 0 bridgehead atoms. The average Bonchev–Trinajstić information content (AvgIpc) is 3.00. The number of thioether (sulfide) groups is 1. The number of hydrogen-bond acceptors (Lipinski definition) is 6. The van der Waals surface area contributed by atoms with Gasteiger partial charge in [-0.2, -0.15) is 0 Å². The maximum absolute atomic E-state index is 12.9. The normalized spacial score (nSPS) is 16.5. The number of aromatic nitrogens is 1. The second-order valence-corrected chi connectivity index (χ2v) is 7.23. The Hall–Kier alpha value is -2.77. The predicted molar refractivity (Wildman–Crippen MR) is 118 cm³/mol. The SMILES string of the molecule is C=CCN1C(=O)/C(=C/c2ccc(OCC)c(OC)c2)SC1=Nc1cccnc1Cl. The number of aliphatic imine (C=N–C) groups is 1. The molecule has 0 radical (unpaired) electrons. The molecule has 0 aliphatic carbocycles. The topological polar surface area (TPSA) is 64.0 Å². The summed E-state index contributed by atoms with van der Waals surface area (Å²) < 4.78 is 10.9. The third kappa shape index (κ3) is 4.81. The summed E-state index contributed by atoms with van der Waals surface area (Å²) in [6, 6.07) is 9.02. The summed E-state index contributed by atoms with van der Waals surface area (Å²) in [5, 5.41) is 0.800. The monoisotopic (exact) mass is 429 g/mol. The molecule has 0 spiro atoms. The lowest BCUT2D eigenvalue weighted by Crippen LogP contribution is -2.29. The maximum atomic E-state index is 12.9. The Balaban J connectivity index is 1.95. The van der Waals surface area contributed by atoms with Crippen molar-refractivity contribution in [3.8, 4) is 11.5 Å². The van der Waals surface area contributed by atoms with E-state index >= 15 is 0 Å². The molecule has 1 aromatic carbocycles. The number of amides is 1. The van der Waals surface area contributed by atoms with E-state index in [4.69, 9.17) is 21.1 Å². The standard InChI is InChI=1S/C21H20ClN3O3S/c1-4-11-25-20(26)18(29-21(25)24-15-7-6-10-23-19(15)22)13-14-8-9-16(28-5-2)17(12-14)27-3/h4,6-10,12-13H,1,5,11H2,2-3H3/b18-13-,24-21?. The van der Waals surface area contributed by atoms with Gasteiger partial charge in [-0.05, 0) is 54.6 Å². The van der Waals surface area contributed by atoms with Crippen LogP contribution in [0.4, 0.5) is 5.69 Å². The van der Waals surface area contributed by atoms with Crippen LogP contribution in [-0.4, -0.2) is 41.2 Å². The summed E-state index contributed by atoms with van der Waals surface area (Å²) in [7, 11) is 1.58. The first-order chi connectivity index (χ1) is 14.1. The first kappa shape index (κ1) is 21.0. The van der Waals surface area contributed by atoms with Gasteiger partial charge in [0.05, 0.1) is 18.6 Å². The Labute approximate surface area is 178 Å². The van der Waals surface area contributed by atoms with Crippen molar-refractivity contribution in [2.24, 2.45) is 4.99 Å². The van der Waals surface area contributed by atoms with Crippen LogP contribution < -0.4 is 9.47 Å². The highest BCUT2D eigenvalue weighted by Gasteiger charge is 2.32. The molecule has 8 heteroatoms. The van der Waals surface area contributed by atoms with Crippen LogP contribution in [-0.2, 0) is 4.79 Å². The number of halogens is 1. The Bertz CT molecular complexity index is 991. The Morgan fingerprint density at radius 1 is 1.34 bits per heavy atom. The molecule has 1 fully saturated rings. The zero-order chi connectivity index (χ0) is 20.8. The summed E-state index contributed by atoms with van der Waals surface area (Å²) in [6.45, 7) is 6.52. The number of pyridine rings is 1. The van der Waals surface area contributed by atoms with Crippen molar-refractivity contribution in [1.29, 1.82) is 0 Å². The highest BCUT2D eigenvalue weighted by atomic mass is 35.5. The van der Waals surface area contributed by atoms with Gasteiger partial charge in [0.2, 0.25) is 0 Å². The van der Waals surface area contributed by atoms with Gasteiger partial charge in [-0.3, -0.25) is 9.69 Å². The predicted octanol–water partition coefficient (Wildman–Crippen LogP) is 4.93. The molecule has 0 atom stereocenters. The number of carbonyl (C=O) groups excluding carboxylic acids is 1. The van der Waals surface area contributed by atoms with E-state index in [2.05, 4.69) is 16.6 Å². The summed E-state index contributed by atoms with van der Waals surface area (Å²) in [5.74, 6) is 1.11. The number of nitrogens with zero attached hydrogens (tertiary/aromatic N) is 3. The number of rotatable bonds is 7. The van der Waals surface area contributed by atoms with Crippen LogP contribution in [0.3, 0.4) is 0 Å². The van der Waals surface area contributed by atoms with E-state index in [9.17, 15) is 4.79 Å². The molecule has 29 heavy (non-hydrogen) atoms. The van der Waals surface area contributed by atoms with Gasteiger partial charge in [0.15, 0.2) is 21.8 Å². The number of carbonyl (C=O) groups is 1. The van der Waals surface area contributed by atoms with E-state index in [-0.39, 0.29) is 11.1 Å². The number of ether oxygens (including phenoxy) is 2. The Kier molecular flexibility index (Phi) is 6.95. The van der Waals surface area contributed by atoms with Gasteiger partial charge < -0.3 is 9.47 Å². The smallest absolute Gasteiger partial charge is 0.267 e. The van der Waals surface area contributed by atoms with Gasteiger partial charge in [0.1, 0.15) is 5.69 Å². The maximum Gasteiger partial charge on any atom is 0.267 e. The molecule has 1 aliphatic heterocycles. The van der Waals surface area contributed by atoms with Crippen molar-refractivity contribution in [1.82, 2.24) is 9.88 Å². The largest absolute Gasteiger partial charge is 0.493 e. The van der Waals surface area contributed by atoms with Gasteiger partial charge >= 0.3 is 0 Å². The van der Waals surface area contributed by atoms with Crippen LogP contribution in [0.2, 0.25) is 5.15 Å². The van der Waals surface area contributed by atoms with E-state index in [0.717, 1.165) is 5.56 Å². The van der Waals surface area contributed by atoms with Crippen molar-refractivity contribution in [3.05, 3.63) is 64.8 Å². The molecule has 1 amide bonds. The molecule has 1 saturated heterocycles. The molecule has 1 aliphatic rings. The van der Waals surface area contributed by atoms with Crippen LogP contribution in [0.1, 0.15) is 12.5 Å². The fourth-order valence-electron chi connectivity index (χ4n) is 2.65. The van der Waals surface area contributed by atoms with Crippen molar-refractivity contribution in [2.75, 3.05) is 20.3 Å². The quantitative estimate of drug-likeness (QED) is 0.354. The highest BCUT2D eigenvalue weighted by Crippen LogP contribution is 2.36. The number of benzene rings is 1. The number of amidine groups is 1. The van der Waals surface area contributed by atoms with E-state index in [1.807, 2.05) is 25.1 Å². The van der Waals surface area contributed by atoms with Gasteiger partial charge in [-0.15, -0.1) is 6.58 Å². The second-order valence-electron chi connectivity index (χ2n) is 5.87. The zero-order valence-corrected chi connectivity index (χ0v) is 17.7. The van der Waals surface area contributed by atoms with Gasteiger partial charge in [0, 0.05) is 12.7 Å². The molecule has 0 saturated carbocycles. The Morgan fingerprint density at radius 3 is 2.86 bits per heavy atom. The van der Waals surface area contributed by atoms with Crippen LogP contribution in [0.15, 0.2) is 59.1 Å².